The van der Waals surface area contributed by atoms with E-state index in [4.69, 9.17) is 0 Å². The minimum atomic E-state index is -0.960. The minimum Gasteiger partial charge on any atom is -0.467 e. The van der Waals surface area contributed by atoms with Gasteiger partial charge in [0.2, 0.25) is 23.6 Å². The van der Waals surface area contributed by atoms with E-state index in [1.807, 2.05) is 94.4 Å². The van der Waals surface area contributed by atoms with Crippen molar-refractivity contribution in [2.24, 2.45) is 5.92 Å². The van der Waals surface area contributed by atoms with E-state index in [1.54, 1.807) is 0 Å². The van der Waals surface area contributed by atoms with Crippen LogP contribution in [0.4, 0.5) is 0 Å². The first-order valence-electron chi connectivity index (χ1n) is 15.3. The highest BCUT2D eigenvalue weighted by molar-refractivity contribution is 5.93. The zero-order valence-corrected chi connectivity index (χ0v) is 27.8. The maximum Gasteiger partial charge on any atom is 0.328 e. The molecule has 44 heavy (non-hydrogen) atoms. The fourth-order valence-corrected chi connectivity index (χ4v) is 3.20. The maximum absolute atomic E-state index is 12.7. The highest BCUT2D eigenvalue weighted by atomic mass is 16.5. The van der Waals surface area contributed by atoms with Gasteiger partial charge in [-0.2, -0.15) is 0 Å². The monoisotopic (exact) mass is 614 g/mol. The number of rotatable bonds is 13. The summed E-state index contributed by atoms with van der Waals surface area (Å²) in [5.74, 6) is -2.15. The van der Waals surface area contributed by atoms with Crippen LogP contribution < -0.4 is 21.3 Å². The van der Waals surface area contributed by atoms with Gasteiger partial charge in [0.15, 0.2) is 0 Å². The number of carbonyl (C=O) groups excluding carboxylic acids is 5. The molecule has 0 spiro atoms. The second-order valence-electron chi connectivity index (χ2n) is 9.91. The predicted octanol–water partition coefficient (Wildman–Crippen LogP) is 4.19. The lowest BCUT2D eigenvalue weighted by atomic mass is 10.1. The molecule has 0 fully saturated rings. The van der Waals surface area contributed by atoms with Crippen molar-refractivity contribution in [2.45, 2.75) is 86.2 Å². The molecule has 0 aliphatic rings. The highest BCUT2D eigenvalue weighted by Gasteiger charge is 2.23. The summed E-state index contributed by atoms with van der Waals surface area (Å²) in [6, 6.07) is 19.2. The molecule has 2 atom stereocenters. The Balaban J connectivity index is 0. The van der Waals surface area contributed by atoms with Crippen LogP contribution >= 0.6 is 0 Å². The van der Waals surface area contributed by atoms with E-state index < -0.39 is 35.8 Å². The third kappa shape index (κ3) is 23.4. The third-order valence-corrected chi connectivity index (χ3v) is 5.35. The molecule has 4 N–H and O–H groups in total. The quantitative estimate of drug-likeness (QED) is 0.249. The Bertz CT molecular complexity index is 1020. The molecule has 246 valence electrons. The van der Waals surface area contributed by atoms with Crippen molar-refractivity contribution in [1.29, 1.82) is 0 Å². The Morgan fingerprint density at radius 3 is 1.64 bits per heavy atom. The Morgan fingerprint density at radius 1 is 0.705 bits per heavy atom. The van der Waals surface area contributed by atoms with Crippen LogP contribution in [0.5, 0.6) is 0 Å². The Labute approximate surface area is 264 Å². The van der Waals surface area contributed by atoms with E-state index in [1.165, 1.54) is 20.5 Å². The van der Waals surface area contributed by atoms with Gasteiger partial charge in [0.25, 0.3) is 0 Å². The molecule has 0 bridgehead atoms. The van der Waals surface area contributed by atoms with Crippen LogP contribution in [0.2, 0.25) is 0 Å². The average molecular weight is 615 g/mol. The van der Waals surface area contributed by atoms with Gasteiger partial charge in [0.05, 0.1) is 20.2 Å². The highest BCUT2D eigenvalue weighted by Crippen LogP contribution is 2.04. The molecule has 0 saturated carbocycles. The molecule has 0 heterocycles. The van der Waals surface area contributed by atoms with Crippen LogP contribution in [0.25, 0.3) is 0 Å². The molecule has 4 amide bonds. The molecule has 10 nitrogen and oxygen atoms in total. The molecule has 2 aromatic carbocycles. The van der Waals surface area contributed by atoms with Crippen LogP contribution in [0.3, 0.4) is 0 Å². The van der Waals surface area contributed by atoms with E-state index in [9.17, 15) is 24.0 Å². The van der Waals surface area contributed by atoms with Crippen molar-refractivity contribution in [2.75, 3.05) is 20.2 Å². The first-order chi connectivity index (χ1) is 21.0. The third-order valence-electron chi connectivity index (χ3n) is 5.35. The summed E-state index contributed by atoms with van der Waals surface area (Å²) in [6.07, 6.45) is 2.47. The first kappa shape index (κ1) is 41.9. The number of nitrogens with one attached hydrogen (secondary N) is 4. The summed E-state index contributed by atoms with van der Waals surface area (Å²) >= 11 is 0. The van der Waals surface area contributed by atoms with Gasteiger partial charge in [-0.25, -0.2) is 4.79 Å². The Morgan fingerprint density at radius 2 is 1.16 bits per heavy atom. The number of hydrogen-bond acceptors (Lipinski definition) is 6. The number of ether oxygens (including phenoxy) is 1. The van der Waals surface area contributed by atoms with Crippen molar-refractivity contribution in [3.8, 4) is 0 Å². The van der Waals surface area contributed by atoms with Crippen LogP contribution in [-0.4, -0.2) is 61.9 Å². The molecule has 2 unspecified atom stereocenters. The van der Waals surface area contributed by atoms with E-state index in [0.717, 1.165) is 5.56 Å². The molecule has 0 saturated heterocycles. The van der Waals surface area contributed by atoms with Crippen LogP contribution in [0.1, 0.15) is 73.3 Å². The maximum atomic E-state index is 12.7. The summed E-state index contributed by atoms with van der Waals surface area (Å²) < 4.78 is 4.53. The molecular formula is C34H54N4O6. The van der Waals surface area contributed by atoms with Crippen LogP contribution in [0.15, 0.2) is 66.7 Å². The molecule has 2 rings (SSSR count). The van der Waals surface area contributed by atoms with Gasteiger partial charge < -0.3 is 26.0 Å². The van der Waals surface area contributed by atoms with Crippen molar-refractivity contribution in [3.63, 3.8) is 0 Å². The van der Waals surface area contributed by atoms with Crippen molar-refractivity contribution < 1.29 is 28.7 Å². The standard InChI is InChI=1S/C23H34N4O6.C6H6.C3H8.C2H6/c1-15(2)10-11-19(28)24-13-21(30)27-18(12-17-8-6-5-7-9-17)22(31)25-14-20(29)26-16(3)23(32)33-4;1-2-4-6-5-3-1;1-3-2;1-2/h5-9,15-16,18H,10-14H2,1-4H3,(H,24,28)(H,25,31)(H,26,29)(H,27,30);1-6H;3H2,1-2H3;1-2H3. The smallest absolute Gasteiger partial charge is 0.328 e. The Kier molecular flexibility index (Phi) is 26.3. The number of amides is 4. The van der Waals surface area contributed by atoms with Gasteiger partial charge in [-0.15, -0.1) is 0 Å². The molecule has 0 aliphatic carbocycles. The zero-order chi connectivity index (χ0) is 33.8. The largest absolute Gasteiger partial charge is 0.467 e. The van der Waals surface area contributed by atoms with E-state index in [-0.39, 0.29) is 25.4 Å². The van der Waals surface area contributed by atoms with Gasteiger partial charge in [0.1, 0.15) is 12.1 Å². The summed E-state index contributed by atoms with van der Waals surface area (Å²) in [7, 11) is 1.20. The van der Waals surface area contributed by atoms with Gasteiger partial charge in [-0.1, -0.05) is 115 Å². The fraction of sp³-hybridized carbons (Fsp3) is 0.500. The molecule has 2 aromatic rings. The van der Waals surface area contributed by atoms with Crippen molar-refractivity contribution >= 4 is 29.6 Å². The molecule has 0 aliphatic heterocycles. The molecule has 0 aromatic heterocycles. The fourth-order valence-electron chi connectivity index (χ4n) is 3.20. The van der Waals surface area contributed by atoms with Gasteiger partial charge in [-0.05, 0) is 24.8 Å². The minimum absolute atomic E-state index is 0.194. The van der Waals surface area contributed by atoms with Gasteiger partial charge >= 0.3 is 5.97 Å². The molecule has 0 radical (unpaired) electrons. The zero-order valence-electron chi connectivity index (χ0n) is 27.8. The van der Waals surface area contributed by atoms with Crippen molar-refractivity contribution in [1.82, 2.24) is 21.3 Å². The number of benzene rings is 2. The number of hydrogen-bond donors (Lipinski definition) is 4. The Hall–Kier alpha value is -4.21. The number of carbonyl (C=O) groups is 5. The van der Waals surface area contributed by atoms with Crippen molar-refractivity contribution in [3.05, 3.63) is 72.3 Å². The lowest BCUT2D eigenvalue weighted by molar-refractivity contribution is -0.144. The lowest BCUT2D eigenvalue weighted by Crippen LogP contribution is -2.52. The summed E-state index contributed by atoms with van der Waals surface area (Å²) in [5.41, 5.74) is 0.808. The number of methoxy groups -OCH3 is 1. The van der Waals surface area contributed by atoms with Crippen LogP contribution in [-0.2, 0) is 35.1 Å². The average Bonchev–Trinajstić information content (AvgIpc) is 3.03. The summed E-state index contributed by atoms with van der Waals surface area (Å²) in [6.45, 7) is 13.1. The molecular weight excluding hydrogens is 560 g/mol. The first-order valence-corrected chi connectivity index (χ1v) is 15.3. The van der Waals surface area contributed by atoms with Crippen LogP contribution in [0, 0.1) is 5.92 Å². The van der Waals surface area contributed by atoms with Gasteiger partial charge in [0, 0.05) is 12.8 Å². The second-order valence-corrected chi connectivity index (χ2v) is 9.91. The number of esters is 1. The van der Waals surface area contributed by atoms with E-state index in [2.05, 4.69) is 39.9 Å². The summed E-state index contributed by atoms with van der Waals surface area (Å²) in [5, 5.41) is 10.0. The lowest BCUT2D eigenvalue weighted by Gasteiger charge is -2.19. The SMILES string of the molecule is CC.CCC.COC(=O)C(C)NC(=O)CNC(=O)C(Cc1ccccc1)NC(=O)CNC(=O)CCC(C)C.c1ccccc1. The van der Waals surface area contributed by atoms with Gasteiger partial charge in [-0.3, -0.25) is 19.2 Å². The van der Waals surface area contributed by atoms with E-state index in [0.29, 0.717) is 18.8 Å². The molecule has 10 heteroatoms. The topological polar surface area (TPSA) is 143 Å². The normalized spacial score (nSPS) is 10.8. The summed E-state index contributed by atoms with van der Waals surface area (Å²) in [4.78, 5) is 60.3. The second kappa shape index (κ2) is 27.6. The van der Waals surface area contributed by atoms with E-state index >= 15 is 0 Å². The predicted molar refractivity (Wildman–Crippen MR) is 176 cm³/mol.